The van der Waals surface area contributed by atoms with Crippen molar-refractivity contribution in [1.29, 1.82) is 0 Å². The molecular weight excluding hydrogens is 244 g/mol. The van der Waals surface area contributed by atoms with Gasteiger partial charge in [-0.2, -0.15) is 0 Å². The monoisotopic (exact) mass is 260 g/mol. The number of amides is 2. The number of terminal acetylenes is 1. The zero-order chi connectivity index (χ0) is 13.3. The van der Waals surface area contributed by atoms with Gasteiger partial charge in [0.1, 0.15) is 0 Å². The predicted octanol–water partition coefficient (Wildman–Crippen LogP) is -0.512. The van der Waals surface area contributed by atoms with E-state index in [9.17, 15) is 14.7 Å². The minimum atomic E-state index is -1.96. The summed E-state index contributed by atoms with van der Waals surface area (Å²) in [4.78, 5) is 21.7. The molecule has 0 aromatic heterocycles. The molecular formula is C10H16N2O4S. The Bertz CT molecular complexity index is 312. The molecule has 0 aliphatic rings. The van der Waals surface area contributed by atoms with Crippen LogP contribution in [-0.4, -0.2) is 52.4 Å². The third-order valence-corrected chi connectivity index (χ3v) is 2.63. The Morgan fingerprint density at radius 3 is 2.65 bits per heavy atom. The molecule has 0 saturated carbocycles. The van der Waals surface area contributed by atoms with Gasteiger partial charge < -0.3 is 20.8 Å². The minimum Gasteiger partial charge on any atom is -0.479 e. The summed E-state index contributed by atoms with van der Waals surface area (Å²) in [6, 6.07) is -0.521. The van der Waals surface area contributed by atoms with Gasteiger partial charge in [-0.25, -0.2) is 9.59 Å². The number of rotatable bonds is 7. The molecule has 0 aromatic rings. The maximum Gasteiger partial charge on any atom is 0.337 e. The van der Waals surface area contributed by atoms with E-state index in [1.165, 1.54) is 11.8 Å². The molecule has 0 rings (SSSR count). The van der Waals surface area contributed by atoms with Crippen LogP contribution in [0, 0.1) is 12.3 Å². The fourth-order valence-corrected chi connectivity index (χ4v) is 1.27. The molecule has 0 heterocycles. The Balaban J connectivity index is 3.67. The standard InChI is InChI=1S/C10H16N2O4S/c1-3-5-17-6-4-11-9(15)12-7-10(2,16)8(13)14/h1,16H,4-7H2,2H3,(H,13,14)(H2,11,12,15). The molecule has 0 bridgehead atoms. The third kappa shape index (κ3) is 7.49. The molecule has 0 spiro atoms. The van der Waals surface area contributed by atoms with E-state index < -0.39 is 17.6 Å². The summed E-state index contributed by atoms with van der Waals surface area (Å²) in [5, 5.41) is 22.7. The van der Waals surface area contributed by atoms with Gasteiger partial charge in [-0.1, -0.05) is 5.92 Å². The van der Waals surface area contributed by atoms with E-state index >= 15 is 0 Å². The van der Waals surface area contributed by atoms with Gasteiger partial charge in [0, 0.05) is 12.3 Å². The highest BCUT2D eigenvalue weighted by Crippen LogP contribution is 2.00. The fourth-order valence-electron chi connectivity index (χ4n) is 0.758. The van der Waals surface area contributed by atoms with Gasteiger partial charge in [0.05, 0.1) is 12.3 Å². The van der Waals surface area contributed by atoms with Crippen LogP contribution in [0.3, 0.4) is 0 Å². The van der Waals surface area contributed by atoms with Crippen molar-refractivity contribution in [3.05, 3.63) is 0 Å². The lowest BCUT2D eigenvalue weighted by molar-refractivity contribution is -0.155. The summed E-state index contributed by atoms with van der Waals surface area (Å²) in [5.41, 5.74) is -1.96. The van der Waals surface area contributed by atoms with Gasteiger partial charge in [-0.15, -0.1) is 18.2 Å². The molecule has 0 radical (unpaired) electrons. The number of carboxylic acids is 1. The molecule has 0 aromatic carbocycles. The van der Waals surface area contributed by atoms with Crippen LogP contribution in [0.5, 0.6) is 0 Å². The van der Waals surface area contributed by atoms with E-state index in [1.807, 2.05) is 0 Å². The first-order valence-corrected chi connectivity index (χ1v) is 6.04. The molecule has 96 valence electrons. The van der Waals surface area contributed by atoms with E-state index in [-0.39, 0.29) is 6.54 Å². The molecule has 1 atom stereocenters. The highest BCUT2D eigenvalue weighted by atomic mass is 32.2. The van der Waals surface area contributed by atoms with Crippen molar-refractivity contribution in [1.82, 2.24) is 10.6 Å². The van der Waals surface area contributed by atoms with Gasteiger partial charge >= 0.3 is 12.0 Å². The number of hydrogen-bond donors (Lipinski definition) is 4. The molecule has 6 nitrogen and oxygen atoms in total. The number of aliphatic carboxylic acids is 1. The number of carbonyl (C=O) groups is 2. The molecule has 0 fully saturated rings. The van der Waals surface area contributed by atoms with Crippen molar-refractivity contribution in [3.63, 3.8) is 0 Å². The summed E-state index contributed by atoms with van der Waals surface area (Å²) in [6.45, 7) is 1.18. The lowest BCUT2D eigenvalue weighted by Crippen LogP contribution is -2.49. The second-order valence-electron chi connectivity index (χ2n) is 3.45. The maximum absolute atomic E-state index is 11.2. The van der Waals surface area contributed by atoms with E-state index in [4.69, 9.17) is 11.5 Å². The first-order valence-electron chi connectivity index (χ1n) is 4.89. The topological polar surface area (TPSA) is 98.7 Å². The zero-order valence-corrected chi connectivity index (χ0v) is 10.3. The highest BCUT2D eigenvalue weighted by molar-refractivity contribution is 7.99. The normalized spacial score (nSPS) is 13.2. The molecule has 2 amide bonds. The first kappa shape index (κ1) is 15.6. The van der Waals surface area contributed by atoms with E-state index in [0.29, 0.717) is 18.1 Å². The molecule has 4 N–H and O–H groups in total. The average molecular weight is 260 g/mol. The average Bonchev–Trinajstić information content (AvgIpc) is 2.26. The number of aliphatic hydroxyl groups is 1. The Morgan fingerprint density at radius 1 is 1.47 bits per heavy atom. The summed E-state index contributed by atoms with van der Waals surface area (Å²) in [6.07, 6.45) is 5.04. The maximum atomic E-state index is 11.2. The highest BCUT2D eigenvalue weighted by Gasteiger charge is 2.30. The summed E-state index contributed by atoms with van der Waals surface area (Å²) >= 11 is 1.50. The Hall–Kier alpha value is -1.39. The largest absolute Gasteiger partial charge is 0.479 e. The van der Waals surface area contributed by atoms with Crippen molar-refractivity contribution < 1.29 is 19.8 Å². The number of urea groups is 1. The van der Waals surface area contributed by atoms with Crippen LogP contribution in [0.25, 0.3) is 0 Å². The van der Waals surface area contributed by atoms with Crippen molar-refractivity contribution in [2.24, 2.45) is 0 Å². The summed E-state index contributed by atoms with van der Waals surface area (Å²) < 4.78 is 0. The van der Waals surface area contributed by atoms with Crippen molar-refractivity contribution in [3.8, 4) is 12.3 Å². The molecule has 0 aliphatic heterocycles. The number of carboxylic acid groups (broad SMARTS) is 1. The van der Waals surface area contributed by atoms with Crippen LogP contribution in [0.15, 0.2) is 0 Å². The second-order valence-corrected chi connectivity index (χ2v) is 4.55. The summed E-state index contributed by atoms with van der Waals surface area (Å²) in [7, 11) is 0. The van der Waals surface area contributed by atoms with Gasteiger partial charge in [-0.05, 0) is 6.92 Å². The fraction of sp³-hybridized carbons (Fsp3) is 0.600. The SMILES string of the molecule is C#CCSCCNC(=O)NCC(C)(O)C(=O)O. The minimum absolute atomic E-state index is 0.355. The van der Waals surface area contributed by atoms with Gasteiger partial charge in [0.25, 0.3) is 0 Å². The van der Waals surface area contributed by atoms with Gasteiger partial charge in [-0.3, -0.25) is 0 Å². The second kappa shape index (κ2) is 7.81. The molecule has 17 heavy (non-hydrogen) atoms. The van der Waals surface area contributed by atoms with Crippen molar-refractivity contribution in [2.75, 3.05) is 24.6 Å². The number of carbonyl (C=O) groups excluding carboxylic acids is 1. The Labute approximate surface area is 104 Å². The van der Waals surface area contributed by atoms with Gasteiger partial charge in [0.15, 0.2) is 5.60 Å². The molecule has 7 heteroatoms. The number of nitrogens with one attached hydrogen (secondary N) is 2. The van der Waals surface area contributed by atoms with E-state index in [1.54, 1.807) is 0 Å². The lowest BCUT2D eigenvalue weighted by atomic mass is 10.1. The van der Waals surface area contributed by atoms with Crippen LogP contribution in [0.2, 0.25) is 0 Å². The van der Waals surface area contributed by atoms with E-state index in [0.717, 1.165) is 6.92 Å². The van der Waals surface area contributed by atoms with Crippen LogP contribution in [-0.2, 0) is 4.79 Å². The van der Waals surface area contributed by atoms with Crippen LogP contribution >= 0.6 is 11.8 Å². The van der Waals surface area contributed by atoms with Crippen LogP contribution in [0.1, 0.15) is 6.92 Å². The third-order valence-electron chi connectivity index (χ3n) is 1.77. The van der Waals surface area contributed by atoms with Crippen LogP contribution in [0.4, 0.5) is 4.79 Å². The predicted molar refractivity (Wildman–Crippen MR) is 65.8 cm³/mol. The van der Waals surface area contributed by atoms with E-state index in [2.05, 4.69) is 16.6 Å². The smallest absolute Gasteiger partial charge is 0.337 e. The quantitative estimate of drug-likeness (QED) is 0.365. The Morgan fingerprint density at radius 2 is 2.12 bits per heavy atom. The lowest BCUT2D eigenvalue weighted by Gasteiger charge is -2.18. The zero-order valence-electron chi connectivity index (χ0n) is 9.52. The molecule has 0 saturated heterocycles. The number of thioether (sulfide) groups is 1. The van der Waals surface area contributed by atoms with Crippen LogP contribution < -0.4 is 10.6 Å². The van der Waals surface area contributed by atoms with Crippen molar-refractivity contribution >= 4 is 23.8 Å². The number of hydrogen-bond acceptors (Lipinski definition) is 4. The molecule has 1 unspecified atom stereocenters. The first-order chi connectivity index (χ1) is 7.90. The Kier molecular flexibility index (Phi) is 7.18. The summed E-state index contributed by atoms with van der Waals surface area (Å²) in [5.74, 6) is 2.32. The molecule has 0 aliphatic carbocycles. The van der Waals surface area contributed by atoms with Crippen molar-refractivity contribution in [2.45, 2.75) is 12.5 Å². The van der Waals surface area contributed by atoms with Gasteiger partial charge in [0.2, 0.25) is 0 Å².